The molecule has 0 spiro atoms. The van der Waals surface area contributed by atoms with E-state index in [0.717, 1.165) is 30.4 Å². The van der Waals surface area contributed by atoms with Crippen molar-refractivity contribution < 1.29 is 5.11 Å². The lowest BCUT2D eigenvalue weighted by atomic mass is 10.2. The van der Waals surface area contributed by atoms with Crippen molar-refractivity contribution in [3.63, 3.8) is 0 Å². The van der Waals surface area contributed by atoms with Gasteiger partial charge in [0.25, 0.3) is 0 Å². The van der Waals surface area contributed by atoms with Crippen molar-refractivity contribution in [1.82, 2.24) is 9.97 Å². The zero-order valence-corrected chi connectivity index (χ0v) is 12.6. The van der Waals surface area contributed by atoms with Gasteiger partial charge in [-0.15, -0.1) is 0 Å². The highest BCUT2D eigenvalue weighted by Crippen LogP contribution is 2.28. The van der Waals surface area contributed by atoms with Gasteiger partial charge >= 0.3 is 0 Å². The van der Waals surface area contributed by atoms with E-state index in [1.165, 1.54) is 25.7 Å². The number of hydrogen-bond acceptors (Lipinski definition) is 5. The molecular weight excluding hydrogens is 252 g/mol. The first kappa shape index (κ1) is 15.0. The SMILES string of the molecule is CCCNc1cc(N(CCO)C2CCCC2)nc(C)n1. The van der Waals surface area contributed by atoms with Gasteiger partial charge in [0.15, 0.2) is 0 Å². The second-order valence-electron chi connectivity index (χ2n) is 5.44. The minimum Gasteiger partial charge on any atom is -0.395 e. The van der Waals surface area contributed by atoms with Crippen LogP contribution in [0, 0.1) is 6.92 Å². The van der Waals surface area contributed by atoms with E-state index in [9.17, 15) is 5.11 Å². The van der Waals surface area contributed by atoms with Crippen LogP contribution in [0.2, 0.25) is 0 Å². The summed E-state index contributed by atoms with van der Waals surface area (Å²) in [5.41, 5.74) is 0. The Labute approximate surface area is 121 Å². The highest BCUT2D eigenvalue weighted by atomic mass is 16.3. The minimum atomic E-state index is 0.164. The number of aryl methyl sites for hydroxylation is 1. The summed E-state index contributed by atoms with van der Waals surface area (Å²) < 4.78 is 0. The molecule has 2 rings (SSSR count). The van der Waals surface area contributed by atoms with Gasteiger partial charge < -0.3 is 15.3 Å². The lowest BCUT2D eigenvalue weighted by molar-refractivity contribution is 0.297. The first-order chi connectivity index (χ1) is 9.74. The molecule has 0 radical (unpaired) electrons. The Hall–Kier alpha value is -1.36. The van der Waals surface area contributed by atoms with Gasteiger partial charge in [0.05, 0.1) is 6.61 Å². The molecule has 0 saturated heterocycles. The summed E-state index contributed by atoms with van der Waals surface area (Å²) in [6.45, 7) is 5.79. The summed E-state index contributed by atoms with van der Waals surface area (Å²) in [5, 5.41) is 12.7. The molecule has 112 valence electrons. The maximum absolute atomic E-state index is 9.34. The molecule has 0 unspecified atom stereocenters. The van der Waals surface area contributed by atoms with E-state index < -0.39 is 0 Å². The predicted octanol–water partition coefficient (Wildman–Crippen LogP) is 2.35. The molecule has 0 amide bonds. The van der Waals surface area contributed by atoms with E-state index >= 15 is 0 Å². The predicted molar refractivity (Wildman–Crippen MR) is 82.2 cm³/mol. The largest absolute Gasteiger partial charge is 0.395 e. The maximum atomic E-state index is 9.34. The highest BCUT2D eigenvalue weighted by molar-refractivity contribution is 5.50. The zero-order chi connectivity index (χ0) is 14.4. The molecular formula is C15H26N4O. The Bertz CT molecular complexity index is 418. The van der Waals surface area contributed by atoms with Gasteiger partial charge in [-0.3, -0.25) is 0 Å². The molecule has 5 nitrogen and oxygen atoms in total. The first-order valence-electron chi connectivity index (χ1n) is 7.71. The molecule has 1 saturated carbocycles. The molecule has 0 aromatic carbocycles. The molecule has 1 fully saturated rings. The van der Waals surface area contributed by atoms with Gasteiger partial charge in [-0.25, -0.2) is 9.97 Å². The van der Waals surface area contributed by atoms with Crippen molar-refractivity contribution in [3.8, 4) is 0 Å². The fourth-order valence-corrected chi connectivity index (χ4v) is 2.85. The van der Waals surface area contributed by atoms with Crippen LogP contribution in [-0.4, -0.2) is 40.8 Å². The van der Waals surface area contributed by atoms with E-state index in [1.54, 1.807) is 0 Å². The molecule has 0 aliphatic heterocycles. The molecule has 0 bridgehead atoms. The van der Waals surface area contributed by atoms with Gasteiger partial charge in [0.1, 0.15) is 17.5 Å². The number of aliphatic hydroxyl groups excluding tert-OH is 1. The normalized spacial score (nSPS) is 15.6. The van der Waals surface area contributed by atoms with Gasteiger partial charge in [-0.05, 0) is 26.2 Å². The summed E-state index contributed by atoms with van der Waals surface area (Å²) in [5.74, 6) is 2.61. The molecule has 1 heterocycles. The number of hydrogen-bond donors (Lipinski definition) is 2. The Morgan fingerprint density at radius 2 is 2.10 bits per heavy atom. The first-order valence-corrected chi connectivity index (χ1v) is 7.71. The molecule has 5 heteroatoms. The van der Waals surface area contributed by atoms with E-state index in [2.05, 4.69) is 27.1 Å². The fraction of sp³-hybridized carbons (Fsp3) is 0.733. The number of nitrogens with one attached hydrogen (secondary N) is 1. The number of nitrogens with zero attached hydrogens (tertiary/aromatic N) is 3. The van der Waals surface area contributed by atoms with Gasteiger partial charge in [-0.2, -0.15) is 0 Å². The van der Waals surface area contributed by atoms with Crippen LogP contribution >= 0.6 is 0 Å². The smallest absolute Gasteiger partial charge is 0.134 e. The van der Waals surface area contributed by atoms with Crippen molar-refractivity contribution in [1.29, 1.82) is 0 Å². The van der Waals surface area contributed by atoms with Crippen LogP contribution in [0.4, 0.5) is 11.6 Å². The molecule has 1 aromatic heterocycles. The molecule has 0 atom stereocenters. The lowest BCUT2D eigenvalue weighted by Gasteiger charge is -2.29. The standard InChI is InChI=1S/C15H26N4O/c1-3-8-16-14-11-15(18-12(2)17-14)19(9-10-20)13-6-4-5-7-13/h11,13,20H,3-10H2,1-2H3,(H,16,17,18). The minimum absolute atomic E-state index is 0.164. The van der Waals surface area contributed by atoms with E-state index in [-0.39, 0.29) is 6.61 Å². The number of rotatable bonds is 7. The second kappa shape index (κ2) is 7.43. The lowest BCUT2D eigenvalue weighted by Crippen LogP contribution is -2.36. The van der Waals surface area contributed by atoms with Crippen LogP contribution in [-0.2, 0) is 0 Å². The quantitative estimate of drug-likeness (QED) is 0.801. The zero-order valence-electron chi connectivity index (χ0n) is 12.6. The van der Waals surface area contributed by atoms with E-state index in [1.807, 2.05) is 13.0 Å². The highest BCUT2D eigenvalue weighted by Gasteiger charge is 2.23. The van der Waals surface area contributed by atoms with Crippen LogP contribution in [0.1, 0.15) is 44.9 Å². The maximum Gasteiger partial charge on any atom is 0.134 e. The van der Waals surface area contributed by atoms with Crippen molar-refractivity contribution in [2.45, 2.75) is 52.0 Å². The third kappa shape index (κ3) is 3.82. The summed E-state index contributed by atoms with van der Waals surface area (Å²) in [4.78, 5) is 11.2. The van der Waals surface area contributed by atoms with Crippen LogP contribution in [0.5, 0.6) is 0 Å². The van der Waals surface area contributed by atoms with Crippen LogP contribution < -0.4 is 10.2 Å². The van der Waals surface area contributed by atoms with Crippen molar-refractivity contribution >= 4 is 11.6 Å². The van der Waals surface area contributed by atoms with Crippen molar-refractivity contribution in [2.24, 2.45) is 0 Å². The van der Waals surface area contributed by atoms with Crippen LogP contribution in [0.3, 0.4) is 0 Å². The Balaban J connectivity index is 2.19. The Morgan fingerprint density at radius 3 is 2.75 bits per heavy atom. The molecule has 1 aromatic rings. The third-order valence-electron chi connectivity index (χ3n) is 3.78. The summed E-state index contributed by atoms with van der Waals surface area (Å²) in [7, 11) is 0. The number of aliphatic hydroxyl groups is 1. The van der Waals surface area contributed by atoms with E-state index in [0.29, 0.717) is 12.6 Å². The van der Waals surface area contributed by atoms with Crippen LogP contribution in [0.25, 0.3) is 0 Å². The monoisotopic (exact) mass is 278 g/mol. The topological polar surface area (TPSA) is 61.3 Å². The second-order valence-corrected chi connectivity index (χ2v) is 5.44. The molecule has 1 aliphatic carbocycles. The van der Waals surface area contributed by atoms with Gasteiger partial charge in [0, 0.05) is 25.2 Å². The van der Waals surface area contributed by atoms with Gasteiger partial charge in [0.2, 0.25) is 0 Å². The average Bonchev–Trinajstić information content (AvgIpc) is 2.95. The van der Waals surface area contributed by atoms with Crippen LogP contribution in [0.15, 0.2) is 6.07 Å². The van der Waals surface area contributed by atoms with Crippen molar-refractivity contribution in [3.05, 3.63) is 11.9 Å². The fourth-order valence-electron chi connectivity index (χ4n) is 2.85. The summed E-state index contributed by atoms with van der Waals surface area (Å²) in [6, 6.07) is 2.52. The number of aromatic nitrogens is 2. The summed E-state index contributed by atoms with van der Waals surface area (Å²) in [6.07, 6.45) is 6.01. The Kier molecular flexibility index (Phi) is 5.59. The van der Waals surface area contributed by atoms with Crippen molar-refractivity contribution in [2.75, 3.05) is 29.9 Å². The van der Waals surface area contributed by atoms with Gasteiger partial charge in [-0.1, -0.05) is 19.8 Å². The third-order valence-corrected chi connectivity index (χ3v) is 3.78. The molecule has 1 aliphatic rings. The molecule has 20 heavy (non-hydrogen) atoms. The molecule has 2 N–H and O–H groups in total. The van der Waals surface area contributed by atoms with E-state index in [4.69, 9.17) is 0 Å². The number of anilines is 2. The Morgan fingerprint density at radius 1 is 1.35 bits per heavy atom. The summed E-state index contributed by atoms with van der Waals surface area (Å²) >= 11 is 0. The average molecular weight is 278 g/mol.